The van der Waals surface area contributed by atoms with E-state index >= 15 is 0 Å². The molecule has 0 N–H and O–H groups in total. The number of benzene rings is 1. The molecule has 2 heterocycles. The van der Waals surface area contributed by atoms with E-state index in [4.69, 9.17) is 0 Å². The van der Waals surface area contributed by atoms with Crippen LogP contribution in [0.5, 0.6) is 0 Å². The second-order valence-corrected chi connectivity index (χ2v) is 6.56. The van der Waals surface area contributed by atoms with E-state index in [0.717, 1.165) is 21.8 Å². The van der Waals surface area contributed by atoms with Crippen molar-refractivity contribution in [1.29, 1.82) is 0 Å². The van der Waals surface area contributed by atoms with Gasteiger partial charge < -0.3 is 0 Å². The SMILES string of the molecule is O=C(C=Cc1csc([N+](=O)[O-])c1)c1ccc(-c2cccs2)cc1. The molecule has 3 rings (SSSR count). The Morgan fingerprint density at radius 2 is 1.91 bits per heavy atom. The third-order valence-corrected chi connectivity index (χ3v) is 5.01. The summed E-state index contributed by atoms with van der Waals surface area (Å²) >= 11 is 2.69. The molecule has 0 amide bonds. The summed E-state index contributed by atoms with van der Waals surface area (Å²) in [5.41, 5.74) is 2.32. The van der Waals surface area contributed by atoms with Crippen LogP contribution in [-0.2, 0) is 0 Å². The molecule has 114 valence electrons. The van der Waals surface area contributed by atoms with Gasteiger partial charge in [0.05, 0.1) is 4.92 Å². The van der Waals surface area contributed by atoms with Crippen LogP contribution in [0.25, 0.3) is 16.5 Å². The average molecular weight is 341 g/mol. The molecule has 0 aliphatic heterocycles. The van der Waals surface area contributed by atoms with Gasteiger partial charge in [0.2, 0.25) is 0 Å². The summed E-state index contributed by atoms with van der Waals surface area (Å²) < 4.78 is 0. The van der Waals surface area contributed by atoms with Crippen LogP contribution in [0.3, 0.4) is 0 Å². The highest BCUT2D eigenvalue weighted by molar-refractivity contribution is 7.13. The highest BCUT2D eigenvalue weighted by atomic mass is 32.1. The van der Waals surface area contributed by atoms with Gasteiger partial charge >= 0.3 is 5.00 Å². The van der Waals surface area contributed by atoms with Crippen LogP contribution in [0.2, 0.25) is 0 Å². The van der Waals surface area contributed by atoms with Crippen LogP contribution < -0.4 is 0 Å². The fourth-order valence-electron chi connectivity index (χ4n) is 2.03. The van der Waals surface area contributed by atoms with Crippen molar-refractivity contribution in [2.75, 3.05) is 0 Å². The molecular formula is C17H11NO3S2. The first-order valence-electron chi connectivity index (χ1n) is 6.73. The third kappa shape index (κ3) is 3.61. The number of carbonyl (C=O) groups excluding carboxylic acids is 1. The molecule has 0 atom stereocenters. The quantitative estimate of drug-likeness (QED) is 0.274. The minimum Gasteiger partial charge on any atom is -0.289 e. The van der Waals surface area contributed by atoms with Gasteiger partial charge in [0.1, 0.15) is 0 Å². The van der Waals surface area contributed by atoms with Gasteiger partial charge in [0.15, 0.2) is 5.78 Å². The molecule has 0 saturated carbocycles. The summed E-state index contributed by atoms with van der Waals surface area (Å²) in [7, 11) is 0. The van der Waals surface area contributed by atoms with Crippen LogP contribution in [0.1, 0.15) is 15.9 Å². The monoisotopic (exact) mass is 341 g/mol. The first kappa shape index (κ1) is 15.3. The normalized spacial score (nSPS) is 11.0. The van der Waals surface area contributed by atoms with Crippen molar-refractivity contribution in [2.24, 2.45) is 0 Å². The van der Waals surface area contributed by atoms with Crippen molar-refractivity contribution in [1.82, 2.24) is 0 Å². The van der Waals surface area contributed by atoms with E-state index in [9.17, 15) is 14.9 Å². The van der Waals surface area contributed by atoms with Gasteiger partial charge in [-0.3, -0.25) is 14.9 Å². The lowest BCUT2D eigenvalue weighted by molar-refractivity contribution is -0.380. The fourth-order valence-corrected chi connectivity index (χ4v) is 3.46. The molecular weight excluding hydrogens is 330 g/mol. The Kier molecular flexibility index (Phi) is 4.45. The minimum atomic E-state index is -0.437. The van der Waals surface area contributed by atoms with Gasteiger partial charge in [-0.1, -0.05) is 41.7 Å². The van der Waals surface area contributed by atoms with Gasteiger partial charge in [0, 0.05) is 21.9 Å². The van der Waals surface area contributed by atoms with Gasteiger partial charge in [-0.2, -0.15) is 0 Å². The zero-order valence-corrected chi connectivity index (χ0v) is 13.5. The van der Waals surface area contributed by atoms with E-state index in [1.54, 1.807) is 34.9 Å². The van der Waals surface area contributed by atoms with Crippen LogP contribution in [-0.4, -0.2) is 10.7 Å². The predicted molar refractivity (Wildman–Crippen MR) is 94.1 cm³/mol. The number of allylic oxidation sites excluding steroid dienone is 1. The number of hydrogen-bond acceptors (Lipinski definition) is 5. The van der Waals surface area contributed by atoms with E-state index in [0.29, 0.717) is 11.1 Å². The fraction of sp³-hybridized carbons (Fsp3) is 0. The van der Waals surface area contributed by atoms with Crippen molar-refractivity contribution >= 4 is 39.5 Å². The molecule has 0 saturated heterocycles. The standard InChI is InChI=1S/C17H11NO3S2/c19-15(8-3-12-10-17(18(20)21)23-11-12)13-4-6-14(7-5-13)16-2-1-9-22-16/h1-11H. The molecule has 0 bridgehead atoms. The first-order valence-corrected chi connectivity index (χ1v) is 8.49. The Hall–Kier alpha value is -2.57. The third-order valence-electron chi connectivity index (χ3n) is 3.19. The molecule has 6 heteroatoms. The zero-order chi connectivity index (χ0) is 16.2. The number of hydrogen-bond donors (Lipinski definition) is 0. The number of nitrogens with zero attached hydrogens (tertiary/aromatic N) is 1. The van der Waals surface area contributed by atoms with Crippen LogP contribution in [0.15, 0.2) is 59.3 Å². The molecule has 0 fully saturated rings. The molecule has 23 heavy (non-hydrogen) atoms. The molecule has 1 aromatic carbocycles. The number of thiophene rings is 2. The maximum atomic E-state index is 12.1. The summed E-state index contributed by atoms with van der Waals surface area (Å²) in [6.45, 7) is 0. The maximum absolute atomic E-state index is 12.1. The van der Waals surface area contributed by atoms with E-state index in [-0.39, 0.29) is 10.8 Å². The number of carbonyl (C=O) groups is 1. The Bertz CT molecular complexity index is 862. The van der Waals surface area contributed by atoms with E-state index in [1.165, 1.54) is 12.1 Å². The molecule has 0 spiro atoms. The summed E-state index contributed by atoms with van der Waals surface area (Å²) in [4.78, 5) is 23.5. The molecule has 4 nitrogen and oxygen atoms in total. The summed E-state index contributed by atoms with van der Waals surface area (Å²) in [5.74, 6) is -0.128. The summed E-state index contributed by atoms with van der Waals surface area (Å²) in [6.07, 6.45) is 3.03. The number of rotatable bonds is 5. The lowest BCUT2D eigenvalue weighted by Gasteiger charge is -1.99. The van der Waals surface area contributed by atoms with Crippen LogP contribution in [0, 0.1) is 10.1 Å². The summed E-state index contributed by atoms with van der Waals surface area (Å²) in [6, 6.07) is 12.9. The largest absolute Gasteiger partial charge is 0.324 e. The highest BCUT2D eigenvalue weighted by Crippen LogP contribution is 2.25. The smallest absolute Gasteiger partial charge is 0.289 e. The predicted octanol–water partition coefficient (Wildman–Crippen LogP) is 5.28. The molecule has 3 aromatic rings. The second-order valence-electron chi connectivity index (χ2n) is 4.73. The molecule has 2 aromatic heterocycles. The Morgan fingerprint density at radius 3 is 2.52 bits per heavy atom. The van der Waals surface area contributed by atoms with Gasteiger partial charge in [-0.25, -0.2) is 0 Å². The van der Waals surface area contributed by atoms with E-state index in [1.807, 2.05) is 29.6 Å². The van der Waals surface area contributed by atoms with Crippen LogP contribution >= 0.6 is 22.7 Å². The Labute approximate surface area is 140 Å². The Balaban J connectivity index is 1.72. The second kappa shape index (κ2) is 6.68. The lowest BCUT2D eigenvalue weighted by Crippen LogP contribution is -1.93. The van der Waals surface area contributed by atoms with Crippen molar-refractivity contribution in [3.05, 3.63) is 80.5 Å². The topological polar surface area (TPSA) is 60.2 Å². The van der Waals surface area contributed by atoms with Crippen molar-refractivity contribution in [3.63, 3.8) is 0 Å². The molecule has 0 radical (unpaired) electrons. The maximum Gasteiger partial charge on any atom is 0.324 e. The lowest BCUT2D eigenvalue weighted by atomic mass is 10.1. The molecule has 0 aliphatic carbocycles. The van der Waals surface area contributed by atoms with Crippen LogP contribution in [0.4, 0.5) is 5.00 Å². The number of nitro groups is 1. The zero-order valence-electron chi connectivity index (χ0n) is 11.8. The Morgan fingerprint density at radius 1 is 1.13 bits per heavy atom. The van der Waals surface area contributed by atoms with E-state index in [2.05, 4.69) is 0 Å². The van der Waals surface area contributed by atoms with Gasteiger partial charge in [-0.15, -0.1) is 11.3 Å². The van der Waals surface area contributed by atoms with Gasteiger partial charge in [-0.05, 0) is 34.7 Å². The highest BCUT2D eigenvalue weighted by Gasteiger charge is 2.08. The number of ketones is 1. The van der Waals surface area contributed by atoms with Crippen molar-refractivity contribution in [3.8, 4) is 10.4 Å². The average Bonchev–Trinajstić information content (AvgIpc) is 3.24. The van der Waals surface area contributed by atoms with E-state index < -0.39 is 4.92 Å². The molecule has 0 aliphatic rings. The van der Waals surface area contributed by atoms with Crippen molar-refractivity contribution in [2.45, 2.75) is 0 Å². The first-order chi connectivity index (χ1) is 11.1. The molecule has 0 unspecified atom stereocenters. The summed E-state index contributed by atoms with van der Waals surface area (Å²) in [5, 5.41) is 14.4. The van der Waals surface area contributed by atoms with Crippen molar-refractivity contribution < 1.29 is 9.72 Å². The minimum absolute atomic E-state index is 0.0670. The van der Waals surface area contributed by atoms with Gasteiger partial charge in [0.25, 0.3) is 0 Å².